The Morgan fingerprint density at radius 2 is 2.05 bits per heavy atom. The summed E-state index contributed by atoms with van der Waals surface area (Å²) in [6.07, 6.45) is 3.47. The van der Waals surface area contributed by atoms with E-state index in [1.165, 1.54) is 0 Å². The van der Waals surface area contributed by atoms with E-state index < -0.39 is 0 Å². The van der Waals surface area contributed by atoms with Crippen molar-refractivity contribution in [3.8, 4) is 5.88 Å². The number of nitrogens with zero attached hydrogens (tertiary/aromatic N) is 3. The Bertz CT molecular complexity index is 583. The lowest BCUT2D eigenvalue weighted by Gasteiger charge is -2.10. The molecule has 2 aromatic heterocycles. The van der Waals surface area contributed by atoms with Gasteiger partial charge >= 0.3 is 0 Å². The summed E-state index contributed by atoms with van der Waals surface area (Å²) in [5.74, 6) is 1.44. The summed E-state index contributed by atoms with van der Waals surface area (Å²) >= 11 is 0. The van der Waals surface area contributed by atoms with Crippen LogP contribution in [0.5, 0.6) is 5.88 Å². The van der Waals surface area contributed by atoms with Crippen LogP contribution < -0.4 is 10.1 Å². The van der Waals surface area contributed by atoms with E-state index in [1.54, 1.807) is 12.4 Å². The minimum Gasteiger partial charge on any atom is -0.471 e. The fourth-order valence-electron chi connectivity index (χ4n) is 1.89. The van der Waals surface area contributed by atoms with E-state index in [0.717, 1.165) is 30.2 Å². The Kier molecular flexibility index (Phi) is 3.36. The van der Waals surface area contributed by atoms with Crippen molar-refractivity contribution in [1.29, 1.82) is 0 Å². The van der Waals surface area contributed by atoms with Gasteiger partial charge in [-0.05, 0) is 24.3 Å². The SMILES string of the molecule is c1ccc(COc2ncccc2C2=NCCN2)nc1. The quantitative estimate of drug-likeness (QED) is 0.896. The lowest BCUT2D eigenvalue weighted by atomic mass is 10.2. The maximum atomic E-state index is 5.74. The maximum Gasteiger partial charge on any atom is 0.224 e. The van der Waals surface area contributed by atoms with Gasteiger partial charge in [0, 0.05) is 18.9 Å². The lowest BCUT2D eigenvalue weighted by Crippen LogP contribution is -2.20. The highest BCUT2D eigenvalue weighted by atomic mass is 16.5. The van der Waals surface area contributed by atoms with Crippen LogP contribution in [0.4, 0.5) is 0 Å². The first-order chi connectivity index (χ1) is 9.43. The molecule has 0 unspecified atom stereocenters. The second-order valence-corrected chi connectivity index (χ2v) is 4.12. The zero-order valence-electron chi connectivity index (χ0n) is 10.4. The predicted molar refractivity (Wildman–Crippen MR) is 72.2 cm³/mol. The first kappa shape index (κ1) is 11.6. The van der Waals surface area contributed by atoms with Crippen molar-refractivity contribution in [2.24, 2.45) is 4.99 Å². The van der Waals surface area contributed by atoms with E-state index in [2.05, 4.69) is 20.3 Å². The Balaban J connectivity index is 1.77. The molecule has 0 aliphatic carbocycles. The second-order valence-electron chi connectivity index (χ2n) is 4.12. The van der Waals surface area contributed by atoms with Gasteiger partial charge in [0.2, 0.25) is 5.88 Å². The lowest BCUT2D eigenvalue weighted by molar-refractivity contribution is 0.288. The summed E-state index contributed by atoms with van der Waals surface area (Å²) in [5.41, 5.74) is 1.77. The van der Waals surface area contributed by atoms with Gasteiger partial charge in [0.25, 0.3) is 0 Å². The second kappa shape index (κ2) is 5.48. The summed E-state index contributed by atoms with van der Waals surface area (Å²) in [4.78, 5) is 12.9. The van der Waals surface area contributed by atoms with Gasteiger partial charge in [-0.25, -0.2) is 4.98 Å². The van der Waals surface area contributed by atoms with Crippen molar-refractivity contribution in [2.45, 2.75) is 6.61 Å². The molecule has 5 heteroatoms. The van der Waals surface area contributed by atoms with Gasteiger partial charge in [-0.2, -0.15) is 0 Å². The van der Waals surface area contributed by atoms with E-state index >= 15 is 0 Å². The number of aromatic nitrogens is 2. The Hall–Kier alpha value is -2.43. The third-order valence-corrected chi connectivity index (χ3v) is 2.78. The van der Waals surface area contributed by atoms with Crippen LogP contribution in [-0.2, 0) is 6.61 Å². The van der Waals surface area contributed by atoms with Crippen molar-refractivity contribution in [2.75, 3.05) is 13.1 Å². The third-order valence-electron chi connectivity index (χ3n) is 2.78. The number of hydrogen-bond acceptors (Lipinski definition) is 5. The number of ether oxygens (including phenoxy) is 1. The van der Waals surface area contributed by atoms with Crippen LogP contribution in [0.2, 0.25) is 0 Å². The standard InChI is InChI=1S/C14H14N4O/c1-2-6-15-11(4-1)10-19-14-12(5-3-7-18-14)13-16-8-9-17-13/h1-7H,8-10H2,(H,16,17). The molecule has 19 heavy (non-hydrogen) atoms. The smallest absolute Gasteiger partial charge is 0.224 e. The minimum absolute atomic E-state index is 0.401. The zero-order chi connectivity index (χ0) is 12.9. The molecule has 0 atom stereocenters. The average molecular weight is 254 g/mol. The number of hydrogen-bond donors (Lipinski definition) is 1. The number of nitrogens with one attached hydrogen (secondary N) is 1. The molecule has 1 N–H and O–H groups in total. The number of aliphatic imine (C=N–C) groups is 1. The van der Waals surface area contributed by atoms with E-state index in [1.807, 2.05) is 30.3 Å². The van der Waals surface area contributed by atoms with Gasteiger partial charge < -0.3 is 10.1 Å². The summed E-state index contributed by atoms with van der Waals surface area (Å²) in [5, 5.41) is 3.23. The molecule has 1 aliphatic rings. The molecule has 0 radical (unpaired) electrons. The summed E-state index contributed by atoms with van der Waals surface area (Å²) in [6.45, 7) is 2.06. The highest BCUT2D eigenvalue weighted by Gasteiger charge is 2.14. The molecule has 0 saturated carbocycles. The van der Waals surface area contributed by atoms with Crippen LogP contribution >= 0.6 is 0 Å². The van der Waals surface area contributed by atoms with Gasteiger partial charge in [0.15, 0.2) is 0 Å². The topological polar surface area (TPSA) is 59.4 Å². The maximum absolute atomic E-state index is 5.74. The fourth-order valence-corrected chi connectivity index (χ4v) is 1.89. The van der Waals surface area contributed by atoms with Crippen LogP contribution in [0.25, 0.3) is 0 Å². The van der Waals surface area contributed by atoms with E-state index in [4.69, 9.17) is 4.74 Å². The third kappa shape index (κ3) is 2.70. The van der Waals surface area contributed by atoms with Crippen LogP contribution in [0.15, 0.2) is 47.7 Å². The monoisotopic (exact) mass is 254 g/mol. The fraction of sp³-hybridized carbons (Fsp3) is 0.214. The minimum atomic E-state index is 0.401. The Morgan fingerprint density at radius 3 is 2.84 bits per heavy atom. The molecule has 1 aliphatic heterocycles. The molecule has 0 aromatic carbocycles. The predicted octanol–water partition coefficient (Wildman–Crippen LogP) is 1.41. The molecule has 96 valence electrons. The van der Waals surface area contributed by atoms with Crippen molar-refractivity contribution >= 4 is 5.84 Å². The Labute approximate surface area is 111 Å². The van der Waals surface area contributed by atoms with Crippen molar-refractivity contribution < 1.29 is 4.74 Å². The molecule has 0 spiro atoms. The molecule has 0 bridgehead atoms. The molecule has 0 amide bonds. The normalized spacial score (nSPS) is 13.8. The summed E-state index contributed by atoms with van der Waals surface area (Å²) in [6, 6.07) is 9.58. The largest absolute Gasteiger partial charge is 0.471 e. The highest BCUT2D eigenvalue weighted by molar-refractivity contribution is 6.01. The molecule has 3 rings (SSSR count). The molecule has 0 saturated heterocycles. The molecule has 5 nitrogen and oxygen atoms in total. The first-order valence-corrected chi connectivity index (χ1v) is 6.20. The first-order valence-electron chi connectivity index (χ1n) is 6.20. The van der Waals surface area contributed by atoms with Crippen LogP contribution in [-0.4, -0.2) is 28.9 Å². The van der Waals surface area contributed by atoms with Crippen molar-refractivity contribution in [1.82, 2.24) is 15.3 Å². The van der Waals surface area contributed by atoms with Gasteiger partial charge in [0.1, 0.15) is 12.4 Å². The number of amidine groups is 1. The van der Waals surface area contributed by atoms with Crippen molar-refractivity contribution in [3.63, 3.8) is 0 Å². The van der Waals surface area contributed by atoms with E-state index in [9.17, 15) is 0 Å². The van der Waals surface area contributed by atoms with Gasteiger partial charge in [0.05, 0.1) is 17.8 Å². The van der Waals surface area contributed by atoms with Gasteiger partial charge in [-0.3, -0.25) is 9.98 Å². The van der Waals surface area contributed by atoms with Crippen LogP contribution in [0, 0.1) is 0 Å². The molecule has 0 fully saturated rings. The highest BCUT2D eigenvalue weighted by Crippen LogP contribution is 2.17. The molecular formula is C14H14N4O. The average Bonchev–Trinajstić information content (AvgIpc) is 3.01. The summed E-state index contributed by atoms with van der Waals surface area (Å²) < 4.78 is 5.74. The van der Waals surface area contributed by atoms with Crippen molar-refractivity contribution in [3.05, 3.63) is 54.0 Å². The Morgan fingerprint density at radius 1 is 1.11 bits per heavy atom. The van der Waals surface area contributed by atoms with Crippen LogP contribution in [0.3, 0.4) is 0 Å². The van der Waals surface area contributed by atoms with Gasteiger partial charge in [-0.15, -0.1) is 0 Å². The molecule has 3 heterocycles. The number of pyridine rings is 2. The molecular weight excluding hydrogens is 240 g/mol. The van der Waals surface area contributed by atoms with E-state index in [0.29, 0.717) is 12.5 Å². The van der Waals surface area contributed by atoms with Crippen LogP contribution in [0.1, 0.15) is 11.3 Å². The zero-order valence-corrected chi connectivity index (χ0v) is 10.4. The summed E-state index contributed by atoms with van der Waals surface area (Å²) in [7, 11) is 0. The molecule has 2 aromatic rings. The van der Waals surface area contributed by atoms with Gasteiger partial charge in [-0.1, -0.05) is 6.07 Å². The number of rotatable bonds is 4. The van der Waals surface area contributed by atoms with E-state index in [-0.39, 0.29) is 0 Å².